The van der Waals surface area contributed by atoms with E-state index < -0.39 is 40.2 Å². The van der Waals surface area contributed by atoms with Gasteiger partial charge in [0, 0.05) is 0 Å². The summed E-state index contributed by atoms with van der Waals surface area (Å²) in [5.41, 5.74) is 0.417. The third kappa shape index (κ3) is 5.34. The molecule has 1 unspecified atom stereocenters. The summed E-state index contributed by atoms with van der Waals surface area (Å²) in [7, 11) is -3.47. The molecule has 0 fully saturated rings. The average Bonchev–Trinajstić information content (AvgIpc) is 2.45. The molecule has 0 saturated heterocycles. The summed E-state index contributed by atoms with van der Waals surface area (Å²) in [4.78, 5) is 11.8. The molecule has 0 bridgehead atoms. The minimum Gasteiger partial charge on any atom is -0.348 e. The molecule has 8 heteroatoms. The number of sulfonamides is 1. The second kappa shape index (κ2) is 7.64. The van der Waals surface area contributed by atoms with Crippen LogP contribution in [0.5, 0.6) is 0 Å². The minimum atomic E-state index is -3.47. The van der Waals surface area contributed by atoms with Crippen molar-refractivity contribution in [3.05, 3.63) is 35.4 Å². The van der Waals surface area contributed by atoms with E-state index in [4.69, 9.17) is 0 Å². The Labute approximate surface area is 129 Å². The van der Waals surface area contributed by atoms with Crippen LogP contribution in [0.2, 0.25) is 0 Å². The first kappa shape index (κ1) is 18.5. The lowest BCUT2D eigenvalue weighted by Crippen LogP contribution is -2.40. The summed E-state index contributed by atoms with van der Waals surface area (Å²) in [6, 6.07) is 2.86. The second-order valence-electron chi connectivity index (χ2n) is 5.19. The van der Waals surface area contributed by atoms with Crippen molar-refractivity contribution >= 4 is 15.9 Å². The predicted molar refractivity (Wildman–Crippen MR) is 79.5 cm³/mol. The zero-order valence-corrected chi connectivity index (χ0v) is 13.5. The number of hydrogen-bond acceptors (Lipinski definition) is 3. The van der Waals surface area contributed by atoms with E-state index in [-0.39, 0.29) is 11.7 Å². The van der Waals surface area contributed by atoms with E-state index in [1.165, 1.54) is 13.0 Å². The Morgan fingerprint density at radius 1 is 1.23 bits per heavy atom. The number of carbonyl (C=O) groups excluding carboxylic acids is 1. The molecule has 1 atom stereocenters. The van der Waals surface area contributed by atoms with Gasteiger partial charge in [0.25, 0.3) is 0 Å². The summed E-state index contributed by atoms with van der Waals surface area (Å²) < 4.78 is 51.0. The molecule has 124 valence electrons. The summed E-state index contributed by atoms with van der Waals surface area (Å²) in [6.07, 6.45) is 0. The lowest BCUT2D eigenvalue weighted by Gasteiger charge is -2.23. The lowest BCUT2D eigenvalue weighted by atomic mass is 9.96. The highest BCUT2D eigenvalue weighted by Crippen LogP contribution is 2.23. The van der Waals surface area contributed by atoms with Crippen molar-refractivity contribution in [3.63, 3.8) is 0 Å². The molecule has 0 aliphatic rings. The highest BCUT2D eigenvalue weighted by molar-refractivity contribution is 7.89. The normalized spacial score (nSPS) is 13.2. The van der Waals surface area contributed by atoms with Crippen LogP contribution in [0.4, 0.5) is 8.78 Å². The number of hydrogen-bond donors (Lipinski definition) is 2. The fourth-order valence-corrected chi connectivity index (χ4v) is 2.40. The molecule has 0 aliphatic carbocycles. The van der Waals surface area contributed by atoms with E-state index in [9.17, 15) is 22.0 Å². The maximum atomic E-state index is 13.3. The molecule has 0 aromatic heterocycles. The molecule has 1 aromatic rings. The van der Waals surface area contributed by atoms with Gasteiger partial charge in [0.2, 0.25) is 15.9 Å². The number of rotatable bonds is 7. The molecule has 5 nitrogen and oxygen atoms in total. The van der Waals surface area contributed by atoms with Crippen molar-refractivity contribution in [2.75, 3.05) is 12.3 Å². The van der Waals surface area contributed by atoms with Gasteiger partial charge in [-0.25, -0.2) is 21.9 Å². The van der Waals surface area contributed by atoms with Crippen LogP contribution in [0.15, 0.2) is 18.2 Å². The molecule has 0 saturated carbocycles. The van der Waals surface area contributed by atoms with Gasteiger partial charge in [-0.3, -0.25) is 4.79 Å². The first-order chi connectivity index (χ1) is 10.2. The van der Waals surface area contributed by atoms with E-state index in [2.05, 4.69) is 10.0 Å². The van der Waals surface area contributed by atoms with Crippen molar-refractivity contribution < 1.29 is 22.0 Å². The topological polar surface area (TPSA) is 75.3 Å². The van der Waals surface area contributed by atoms with Crippen molar-refractivity contribution in [1.29, 1.82) is 0 Å². The minimum absolute atomic E-state index is 0.0865. The van der Waals surface area contributed by atoms with Gasteiger partial charge < -0.3 is 5.32 Å². The highest BCUT2D eigenvalue weighted by atomic mass is 32.2. The van der Waals surface area contributed by atoms with Gasteiger partial charge in [0.15, 0.2) is 11.6 Å². The molecule has 1 rings (SSSR count). The lowest BCUT2D eigenvalue weighted by molar-refractivity contribution is -0.121. The Morgan fingerprint density at radius 2 is 1.86 bits per heavy atom. The smallest absolute Gasteiger partial charge is 0.235 e. The van der Waals surface area contributed by atoms with Gasteiger partial charge in [-0.05, 0) is 30.5 Å². The Bertz CT molecular complexity index is 633. The molecule has 0 heterocycles. The van der Waals surface area contributed by atoms with Crippen molar-refractivity contribution in [1.82, 2.24) is 10.0 Å². The zero-order chi connectivity index (χ0) is 16.9. The van der Waals surface area contributed by atoms with Crippen molar-refractivity contribution in [3.8, 4) is 0 Å². The third-order valence-corrected chi connectivity index (χ3v) is 4.46. The SMILES string of the molecule is CCS(=O)(=O)NCC(=O)NC(c1ccc(F)c(F)c1)C(C)C. The molecule has 0 radical (unpaired) electrons. The molecule has 2 N–H and O–H groups in total. The highest BCUT2D eigenvalue weighted by Gasteiger charge is 2.20. The molecular weight excluding hydrogens is 314 g/mol. The first-order valence-corrected chi connectivity index (χ1v) is 8.53. The van der Waals surface area contributed by atoms with Gasteiger partial charge in [0.1, 0.15) is 0 Å². The molecular formula is C14H20F2N2O3S. The zero-order valence-electron chi connectivity index (χ0n) is 12.7. The number of benzene rings is 1. The van der Waals surface area contributed by atoms with Crippen LogP contribution >= 0.6 is 0 Å². The molecule has 0 spiro atoms. The number of nitrogens with one attached hydrogen (secondary N) is 2. The maximum absolute atomic E-state index is 13.3. The third-order valence-electron chi connectivity index (χ3n) is 3.12. The van der Waals surface area contributed by atoms with Gasteiger partial charge >= 0.3 is 0 Å². The van der Waals surface area contributed by atoms with Crippen LogP contribution in [0.25, 0.3) is 0 Å². The number of carbonyl (C=O) groups is 1. The second-order valence-corrected chi connectivity index (χ2v) is 7.28. The largest absolute Gasteiger partial charge is 0.348 e. The number of halogens is 2. The van der Waals surface area contributed by atoms with E-state index >= 15 is 0 Å². The van der Waals surface area contributed by atoms with Crippen LogP contribution in [0.3, 0.4) is 0 Å². The van der Waals surface area contributed by atoms with Crippen LogP contribution in [-0.4, -0.2) is 26.6 Å². The van der Waals surface area contributed by atoms with Gasteiger partial charge in [-0.15, -0.1) is 0 Å². The Hall–Kier alpha value is -1.54. The van der Waals surface area contributed by atoms with Crippen LogP contribution in [0, 0.1) is 17.6 Å². The van der Waals surface area contributed by atoms with Crippen LogP contribution in [-0.2, 0) is 14.8 Å². The monoisotopic (exact) mass is 334 g/mol. The fraction of sp³-hybridized carbons (Fsp3) is 0.500. The van der Waals surface area contributed by atoms with E-state index in [1.807, 2.05) is 13.8 Å². The first-order valence-electron chi connectivity index (χ1n) is 6.88. The molecule has 1 amide bonds. The summed E-state index contributed by atoms with van der Waals surface area (Å²) in [5, 5.41) is 2.62. The quantitative estimate of drug-likeness (QED) is 0.797. The average molecular weight is 334 g/mol. The fourth-order valence-electron chi connectivity index (χ4n) is 1.84. The van der Waals surface area contributed by atoms with Gasteiger partial charge in [-0.1, -0.05) is 19.9 Å². The summed E-state index contributed by atoms with van der Waals surface area (Å²) >= 11 is 0. The predicted octanol–water partition coefficient (Wildman–Crippen LogP) is 1.72. The Balaban J connectivity index is 2.80. The standard InChI is InChI=1S/C14H20F2N2O3S/c1-4-22(20,21)17-8-13(19)18-14(9(2)3)10-5-6-11(15)12(16)7-10/h5-7,9,14,17H,4,8H2,1-3H3,(H,18,19). The van der Waals surface area contributed by atoms with E-state index in [0.717, 1.165) is 12.1 Å². The Kier molecular flexibility index (Phi) is 6.43. The van der Waals surface area contributed by atoms with E-state index in [1.54, 1.807) is 0 Å². The van der Waals surface area contributed by atoms with Crippen molar-refractivity contribution in [2.24, 2.45) is 5.92 Å². The summed E-state index contributed by atoms with van der Waals surface area (Å²) in [6.45, 7) is 4.67. The Morgan fingerprint density at radius 3 is 2.36 bits per heavy atom. The van der Waals surface area contributed by atoms with Crippen molar-refractivity contribution in [2.45, 2.75) is 26.8 Å². The summed E-state index contributed by atoms with van der Waals surface area (Å²) in [5.74, 6) is -2.72. The molecule has 22 heavy (non-hydrogen) atoms. The van der Waals surface area contributed by atoms with Crippen LogP contribution in [0.1, 0.15) is 32.4 Å². The maximum Gasteiger partial charge on any atom is 0.235 e. The van der Waals surface area contributed by atoms with E-state index in [0.29, 0.717) is 5.56 Å². The molecule has 0 aliphatic heterocycles. The van der Waals surface area contributed by atoms with Crippen LogP contribution < -0.4 is 10.0 Å². The number of amides is 1. The van der Waals surface area contributed by atoms with Gasteiger partial charge in [-0.2, -0.15) is 0 Å². The van der Waals surface area contributed by atoms with Gasteiger partial charge in [0.05, 0.1) is 18.3 Å². The molecule has 1 aromatic carbocycles.